The number of rotatable bonds is 4. The van der Waals surface area contributed by atoms with E-state index in [1.807, 2.05) is 41.8 Å². The first kappa shape index (κ1) is 16.4. The summed E-state index contributed by atoms with van der Waals surface area (Å²) in [6, 6.07) is 17.8. The molecule has 0 aliphatic rings. The van der Waals surface area contributed by atoms with Gasteiger partial charge in [0.05, 0.1) is 5.69 Å². The number of aromatic nitrogens is 1. The third-order valence-electron chi connectivity index (χ3n) is 3.34. The van der Waals surface area contributed by atoms with E-state index >= 15 is 0 Å². The highest BCUT2D eigenvalue weighted by molar-refractivity contribution is 7.14. The number of anilines is 1. The van der Waals surface area contributed by atoms with E-state index < -0.39 is 5.91 Å². The minimum Gasteiger partial charge on any atom is -0.508 e. The van der Waals surface area contributed by atoms with Crippen molar-refractivity contribution in [1.29, 1.82) is 5.26 Å². The molecule has 6 heteroatoms. The van der Waals surface area contributed by atoms with E-state index in [9.17, 15) is 15.2 Å². The van der Waals surface area contributed by atoms with Gasteiger partial charge in [-0.15, -0.1) is 11.3 Å². The first-order valence-electron chi connectivity index (χ1n) is 7.39. The van der Waals surface area contributed by atoms with Crippen LogP contribution in [-0.2, 0) is 4.79 Å². The first-order chi connectivity index (χ1) is 12.2. The van der Waals surface area contributed by atoms with Crippen molar-refractivity contribution >= 4 is 28.5 Å². The molecular weight excluding hydrogens is 334 g/mol. The maximum absolute atomic E-state index is 12.3. The van der Waals surface area contributed by atoms with Gasteiger partial charge in [0.25, 0.3) is 5.91 Å². The van der Waals surface area contributed by atoms with Crippen molar-refractivity contribution in [1.82, 2.24) is 4.98 Å². The second-order valence-electron chi connectivity index (χ2n) is 5.12. The van der Waals surface area contributed by atoms with Crippen molar-refractivity contribution in [2.45, 2.75) is 0 Å². The van der Waals surface area contributed by atoms with Crippen molar-refractivity contribution in [2.24, 2.45) is 0 Å². The smallest absolute Gasteiger partial charge is 0.268 e. The van der Waals surface area contributed by atoms with Gasteiger partial charge in [0, 0.05) is 10.9 Å². The largest absolute Gasteiger partial charge is 0.508 e. The molecule has 2 N–H and O–H groups in total. The number of nitrogens with one attached hydrogen (secondary N) is 1. The maximum atomic E-state index is 12.3. The molecule has 25 heavy (non-hydrogen) atoms. The summed E-state index contributed by atoms with van der Waals surface area (Å²) in [5.41, 5.74) is 2.21. The Balaban J connectivity index is 1.77. The molecule has 0 radical (unpaired) electrons. The molecule has 3 rings (SSSR count). The fraction of sp³-hybridized carbons (Fsp3) is 0. The van der Waals surface area contributed by atoms with E-state index in [4.69, 9.17) is 0 Å². The highest BCUT2D eigenvalue weighted by atomic mass is 32.1. The minimum atomic E-state index is -0.542. The Kier molecular flexibility index (Phi) is 4.88. The number of nitriles is 1. The molecule has 0 aliphatic heterocycles. The first-order valence-corrected chi connectivity index (χ1v) is 8.27. The van der Waals surface area contributed by atoms with Crippen LogP contribution in [0.4, 0.5) is 5.13 Å². The summed E-state index contributed by atoms with van der Waals surface area (Å²) < 4.78 is 0. The Labute approximate surface area is 148 Å². The monoisotopic (exact) mass is 347 g/mol. The van der Waals surface area contributed by atoms with Crippen LogP contribution in [0.2, 0.25) is 0 Å². The van der Waals surface area contributed by atoms with Gasteiger partial charge in [-0.3, -0.25) is 10.1 Å². The number of hydrogen-bond donors (Lipinski definition) is 2. The van der Waals surface area contributed by atoms with Crippen molar-refractivity contribution in [3.05, 3.63) is 71.1 Å². The van der Waals surface area contributed by atoms with E-state index in [-0.39, 0.29) is 11.3 Å². The average molecular weight is 347 g/mol. The van der Waals surface area contributed by atoms with E-state index in [2.05, 4.69) is 10.3 Å². The van der Waals surface area contributed by atoms with Gasteiger partial charge in [0.2, 0.25) is 0 Å². The summed E-state index contributed by atoms with van der Waals surface area (Å²) >= 11 is 1.29. The highest BCUT2D eigenvalue weighted by Gasteiger charge is 2.12. The van der Waals surface area contributed by atoms with Crippen molar-refractivity contribution < 1.29 is 9.90 Å². The molecule has 0 aliphatic carbocycles. The number of amides is 1. The van der Waals surface area contributed by atoms with Crippen LogP contribution < -0.4 is 5.32 Å². The number of carbonyl (C=O) groups is 1. The minimum absolute atomic E-state index is 0.0675. The lowest BCUT2D eigenvalue weighted by atomic mass is 10.1. The number of nitrogens with zero attached hydrogens (tertiary/aromatic N) is 2. The summed E-state index contributed by atoms with van der Waals surface area (Å²) in [5.74, 6) is -0.473. The quantitative estimate of drug-likeness (QED) is 0.550. The highest BCUT2D eigenvalue weighted by Crippen LogP contribution is 2.25. The zero-order valence-electron chi connectivity index (χ0n) is 13.0. The fourth-order valence-electron chi connectivity index (χ4n) is 2.17. The van der Waals surface area contributed by atoms with E-state index in [0.717, 1.165) is 11.3 Å². The second kappa shape index (κ2) is 7.43. The Bertz CT molecular complexity index is 972. The van der Waals surface area contributed by atoms with Gasteiger partial charge in [0.15, 0.2) is 5.13 Å². The normalized spacial score (nSPS) is 10.9. The lowest BCUT2D eigenvalue weighted by Gasteiger charge is -2.01. The lowest BCUT2D eigenvalue weighted by molar-refractivity contribution is -0.112. The van der Waals surface area contributed by atoms with E-state index in [1.54, 1.807) is 12.1 Å². The number of hydrogen-bond acceptors (Lipinski definition) is 5. The second-order valence-corrected chi connectivity index (χ2v) is 5.98. The summed E-state index contributed by atoms with van der Waals surface area (Å²) in [5, 5.41) is 23.6. The molecule has 0 bridgehead atoms. The van der Waals surface area contributed by atoms with Gasteiger partial charge in [-0.05, 0) is 23.8 Å². The van der Waals surface area contributed by atoms with Gasteiger partial charge in [0.1, 0.15) is 17.4 Å². The molecule has 0 unspecified atom stereocenters. The third kappa shape index (κ3) is 4.10. The molecule has 0 fully saturated rings. The summed E-state index contributed by atoms with van der Waals surface area (Å²) in [4.78, 5) is 16.6. The van der Waals surface area contributed by atoms with Crippen molar-refractivity contribution in [3.63, 3.8) is 0 Å². The predicted molar refractivity (Wildman–Crippen MR) is 97.9 cm³/mol. The van der Waals surface area contributed by atoms with Gasteiger partial charge in [-0.1, -0.05) is 42.5 Å². The Morgan fingerprint density at radius 3 is 2.72 bits per heavy atom. The fourth-order valence-corrected chi connectivity index (χ4v) is 2.88. The Morgan fingerprint density at radius 2 is 2.00 bits per heavy atom. The van der Waals surface area contributed by atoms with Crippen molar-refractivity contribution in [3.8, 4) is 23.1 Å². The number of phenols is 1. The van der Waals surface area contributed by atoms with Crippen LogP contribution in [0.15, 0.2) is 65.6 Å². The molecular formula is C19H13N3O2S. The summed E-state index contributed by atoms with van der Waals surface area (Å²) in [6.45, 7) is 0. The number of carbonyl (C=O) groups excluding carboxylic acids is 1. The number of phenolic OH excluding ortho intramolecular Hbond substituents is 1. The van der Waals surface area contributed by atoms with Gasteiger partial charge in [-0.2, -0.15) is 5.26 Å². The standard InChI is InChI=1S/C19H13N3O2S/c20-11-15(9-13-5-4-8-16(23)10-13)18(24)22-19-21-17(12-25-19)14-6-2-1-3-7-14/h1-10,12,23H,(H,21,22,24). The van der Waals surface area contributed by atoms with Crippen LogP contribution in [0.1, 0.15) is 5.56 Å². The third-order valence-corrected chi connectivity index (χ3v) is 4.10. The molecule has 1 amide bonds. The van der Waals surface area contributed by atoms with Crippen LogP contribution in [-0.4, -0.2) is 16.0 Å². The van der Waals surface area contributed by atoms with Gasteiger partial charge in [-0.25, -0.2) is 4.98 Å². The molecule has 1 heterocycles. The van der Waals surface area contributed by atoms with Crippen molar-refractivity contribution in [2.75, 3.05) is 5.32 Å². The molecule has 122 valence electrons. The van der Waals surface area contributed by atoms with Crippen LogP contribution in [0, 0.1) is 11.3 Å². The van der Waals surface area contributed by atoms with Crippen LogP contribution in [0.5, 0.6) is 5.75 Å². The van der Waals surface area contributed by atoms with Gasteiger partial charge >= 0.3 is 0 Å². The zero-order valence-corrected chi connectivity index (χ0v) is 13.8. The SMILES string of the molecule is N#CC(=Cc1cccc(O)c1)C(=O)Nc1nc(-c2ccccc2)cs1. The van der Waals surface area contributed by atoms with Crippen LogP contribution >= 0.6 is 11.3 Å². The number of aromatic hydroxyl groups is 1. The topological polar surface area (TPSA) is 86.0 Å². The van der Waals surface area contributed by atoms with Gasteiger partial charge < -0.3 is 5.11 Å². The maximum Gasteiger partial charge on any atom is 0.268 e. The molecule has 0 saturated carbocycles. The van der Waals surface area contributed by atoms with E-state index in [1.165, 1.54) is 29.5 Å². The zero-order chi connectivity index (χ0) is 17.6. The molecule has 5 nitrogen and oxygen atoms in total. The number of thiazole rings is 1. The Hall–Kier alpha value is -3.43. The summed E-state index contributed by atoms with van der Waals surface area (Å²) in [6.07, 6.45) is 1.42. The van der Waals surface area contributed by atoms with E-state index in [0.29, 0.717) is 10.7 Å². The van der Waals surface area contributed by atoms with Crippen LogP contribution in [0.3, 0.4) is 0 Å². The lowest BCUT2D eigenvalue weighted by Crippen LogP contribution is -2.13. The number of benzene rings is 2. The average Bonchev–Trinajstić information content (AvgIpc) is 3.09. The molecule has 3 aromatic rings. The molecule has 0 spiro atoms. The van der Waals surface area contributed by atoms with Crippen LogP contribution in [0.25, 0.3) is 17.3 Å². The summed E-state index contributed by atoms with van der Waals surface area (Å²) in [7, 11) is 0. The molecule has 0 atom stereocenters. The molecule has 2 aromatic carbocycles. The predicted octanol–water partition coefficient (Wildman–Crippen LogP) is 4.06. The molecule has 1 aromatic heterocycles. The molecule has 0 saturated heterocycles. The Morgan fingerprint density at radius 1 is 1.20 bits per heavy atom.